The monoisotopic (exact) mass is 236 g/mol. The largest absolute Gasteiger partial charge is 0.312 e. The molecule has 0 amide bonds. The van der Waals surface area contributed by atoms with Gasteiger partial charge in [-0.3, -0.25) is 4.98 Å². The van der Waals surface area contributed by atoms with Crippen molar-refractivity contribution in [2.45, 2.75) is 37.5 Å². The summed E-state index contributed by atoms with van der Waals surface area (Å²) >= 11 is 2.09. The van der Waals surface area contributed by atoms with Crippen LogP contribution in [0.3, 0.4) is 0 Å². The fourth-order valence-electron chi connectivity index (χ4n) is 2.50. The number of pyridine rings is 1. The van der Waals surface area contributed by atoms with Crippen LogP contribution >= 0.6 is 11.8 Å². The summed E-state index contributed by atoms with van der Waals surface area (Å²) in [6.45, 7) is 4.40. The number of rotatable bonds is 3. The lowest BCUT2D eigenvalue weighted by atomic mass is 9.91. The third kappa shape index (κ3) is 2.25. The maximum atomic E-state index is 4.40. The lowest BCUT2D eigenvalue weighted by Gasteiger charge is -2.33. The molecule has 0 aliphatic carbocycles. The minimum absolute atomic E-state index is 0.325. The molecule has 0 bridgehead atoms. The summed E-state index contributed by atoms with van der Waals surface area (Å²) in [5.74, 6) is 1.29. The van der Waals surface area contributed by atoms with Crippen LogP contribution in [0.5, 0.6) is 0 Å². The lowest BCUT2D eigenvalue weighted by Crippen LogP contribution is -2.35. The Morgan fingerprint density at radius 1 is 1.50 bits per heavy atom. The van der Waals surface area contributed by atoms with Crippen LogP contribution in [-0.4, -0.2) is 22.5 Å². The van der Waals surface area contributed by atoms with E-state index >= 15 is 0 Å². The number of aryl methyl sites for hydroxylation is 1. The second-order valence-corrected chi connectivity index (χ2v) is 6.35. The van der Waals surface area contributed by atoms with E-state index < -0.39 is 0 Å². The molecule has 1 aromatic rings. The molecular weight excluding hydrogens is 216 g/mol. The summed E-state index contributed by atoms with van der Waals surface area (Å²) in [7, 11) is 2.05. The molecule has 2 atom stereocenters. The molecule has 1 aliphatic heterocycles. The van der Waals surface area contributed by atoms with Gasteiger partial charge in [-0.15, -0.1) is 0 Å². The number of thioether (sulfide) groups is 1. The van der Waals surface area contributed by atoms with E-state index in [4.69, 9.17) is 0 Å². The van der Waals surface area contributed by atoms with E-state index in [2.05, 4.69) is 48.2 Å². The Hall–Kier alpha value is -0.540. The van der Waals surface area contributed by atoms with Crippen LogP contribution in [0.1, 0.15) is 37.1 Å². The van der Waals surface area contributed by atoms with Crippen LogP contribution in [-0.2, 0) is 0 Å². The molecule has 1 saturated heterocycles. The van der Waals surface area contributed by atoms with E-state index in [1.54, 1.807) is 0 Å². The Balaban J connectivity index is 2.25. The molecule has 1 fully saturated rings. The predicted molar refractivity (Wildman–Crippen MR) is 70.9 cm³/mol. The molecule has 0 radical (unpaired) electrons. The molecule has 16 heavy (non-hydrogen) atoms. The average molecular weight is 236 g/mol. The molecule has 2 heterocycles. The molecule has 0 aromatic carbocycles. The van der Waals surface area contributed by atoms with Gasteiger partial charge in [0.2, 0.25) is 0 Å². The minimum atomic E-state index is 0.325. The highest BCUT2D eigenvalue weighted by molar-refractivity contribution is 8.00. The number of hydrogen-bond acceptors (Lipinski definition) is 3. The zero-order chi connectivity index (χ0) is 11.6. The summed E-state index contributed by atoms with van der Waals surface area (Å²) in [5, 5.41) is 3.46. The first kappa shape index (κ1) is 11.9. The molecule has 88 valence electrons. The zero-order valence-electron chi connectivity index (χ0n) is 10.3. The van der Waals surface area contributed by atoms with Crippen LogP contribution in [0, 0.1) is 6.92 Å². The van der Waals surface area contributed by atoms with E-state index in [-0.39, 0.29) is 0 Å². The van der Waals surface area contributed by atoms with E-state index in [0.29, 0.717) is 10.8 Å². The summed E-state index contributed by atoms with van der Waals surface area (Å²) in [6.07, 6.45) is 4.64. The van der Waals surface area contributed by atoms with Gasteiger partial charge in [-0.05, 0) is 51.1 Å². The normalized spacial score (nSPS) is 26.9. The van der Waals surface area contributed by atoms with E-state index in [9.17, 15) is 0 Å². The van der Waals surface area contributed by atoms with E-state index in [0.717, 1.165) is 5.69 Å². The lowest BCUT2D eigenvalue weighted by molar-refractivity contribution is 0.439. The highest BCUT2D eigenvalue weighted by atomic mass is 32.2. The SMILES string of the molecule is CNC(c1ccc(C)nc1)C1(C)CCCS1. The fraction of sp³-hybridized carbons (Fsp3) is 0.615. The standard InChI is InChI=1S/C13H20N2S/c1-10-5-6-11(9-15-10)12(14-3)13(2)7-4-8-16-13/h5-6,9,12,14H,4,7-8H2,1-3H3. The van der Waals surface area contributed by atoms with E-state index in [1.807, 2.05) is 13.1 Å². The molecule has 0 saturated carbocycles. The first-order chi connectivity index (χ1) is 7.65. The predicted octanol–water partition coefficient (Wildman–Crippen LogP) is 2.94. The smallest absolute Gasteiger partial charge is 0.0479 e. The van der Waals surface area contributed by atoms with Gasteiger partial charge in [0, 0.05) is 22.7 Å². The van der Waals surface area contributed by atoms with Crippen molar-refractivity contribution in [2.75, 3.05) is 12.8 Å². The van der Waals surface area contributed by atoms with Gasteiger partial charge in [0.1, 0.15) is 0 Å². The minimum Gasteiger partial charge on any atom is -0.312 e. The molecular formula is C13H20N2S. The molecule has 2 rings (SSSR count). The van der Waals surface area contributed by atoms with Gasteiger partial charge in [-0.2, -0.15) is 11.8 Å². The third-order valence-electron chi connectivity index (χ3n) is 3.42. The molecule has 1 N–H and O–H groups in total. The van der Waals surface area contributed by atoms with Gasteiger partial charge in [0.25, 0.3) is 0 Å². The van der Waals surface area contributed by atoms with Crippen molar-refractivity contribution in [3.8, 4) is 0 Å². The van der Waals surface area contributed by atoms with Crippen LogP contribution in [0.25, 0.3) is 0 Å². The zero-order valence-corrected chi connectivity index (χ0v) is 11.1. The number of aromatic nitrogens is 1. The second-order valence-electron chi connectivity index (χ2n) is 4.72. The van der Waals surface area contributed by atoms with Crippen molar-refractivity contribution in [3.05, 3.63) is 29.6 Å². The van der Waals surface area contributed by atoms with Crippen LogP contribution in [0.15, 0.2) is 18.3 Å². The van der Waals surface area contributed by atoms with Crippen LogP contribution in [0.4, 0.5) is 0 Å². The van der Waals surface area contributed by atoms with Crippen molar-refractivity contribution in [3.63, 3.8) is 0 Å². The third-order valence-corrected chi connectivity index (χ3v) is 5.01. The Morgan fingerprint density at radius 2 is 2.31 bits per heavy atom. The topological polar surface area (TPSA) is 24.9 Å². The van der Waals surface area contributed by atoms with Gasteiger partial charge in [-0.25, -0.2) is 0 Å². The Bertz CT molecular complexity index is 341. The molecule has 3 heteroatoms. The highest BCUT2D eigenvalue weighted by Crippen LogP contribution is 2.46. The quantitative estimate of drug-likeness (QED) is 0.873. The van der Waals surface area contributed by atoms with Crippen molar-refractivity contribution in [1.29, 1.82) is 0 Å². The maximum absolute atomic E-state index is 4.40. The van der Waals surface area contributed by atoms with Gasteiger partial charge in [0.05, 0.1) is 0 Å². The van der Waals surface area contributed by atoms with Crippen LogP contribution < -0.4 is 5.32 Å². The first-order valence-corrected chi connectivity index (χ1v) is 6.88. The maximum Gasteiger partial charge on any atom is 0.0479 e. The number of nitrogens with one attached hydrogen (secondary N) is 1. The fourth-order valence-corrected chi connectivity index (χ4v) is 3.97. The molecule has 0 spiro atoms. The first-order valence-electron chi connectivity index (χ1n) is 5.89. The molecule has 1 aliphatic rings. The summed E-state index contributed by atoms with van der Waals surface area (Å²) in [4.78, 5) is 4.40. The van der Waals surface area contributed by atoms with Crippen molar-refractivity contribution in [1.82, 2.24) is 10.3 Å². The summed E-state index contributed by atoms with van der Waals surface area (Å²) in [6, 6.07) is 4.71. The average Bonchev–Trinajstić information content (AvgIpc) is 2.70. The van der Waals surface area contributed by atoms with Crippen molar-refractivity contribution in [2.24, 2.45) is 0 Å². The van der Waals surface area contributed by atoms with E-state index in [1.165, 1.54) is 24.2 Å². The van der Waals surface area contributed by atoms with Gasteiger partial charge >= 0.3 is 0 Å². The molecule has 2 unspecified atom stereocenters. The van der Waals surface area contributed by atoms with Gasteiger partial charge in [-0.1, -0.05) is 6.07 Å². The van der Waals surface area contributed by atoms with Gasteiger partial charge in [0.15, 0.2) is 0 Å². The van der Waals surface area contributed by atoms with Crippen LogP contribution in [0.2, 0.25) is 0 Å². The highest BCUT2D eigenvalue weighted by Gasteiger charge is 2.37. The molecule has 2 nitrogen and oxygen atoms in total. The van der Waals surface area contributed by atoms with Gasteiger partial charge < -0.3 is 5.32 Å². The summed E-state index contributed by atoms with van der Waals surface area (Å²) in [5.41, 5.74) is 2.40. The Kier molecular flexibility index (Phi) is 3.55. The van der Waals surface area contributed by atoms with Crippen molar-refractivity contribution < 1.29 is 0 Å². The summed E-state index contributed by atoms with van der Waals surface area (Å²) < 4.78 is 0.325. The Labute approximate surface area is 102 Å². The Morgan fingerprint density at radius 3 is 2.81 bits per heavy atom. The number of nitrogens with zero attached hydrogens (tertiary/aromatic N) is 1. The second kappa shape index (κ2) is 4.76. The number of hydrogen-bond donors (Lipinski definition) is 1. The molecule has 1 aromatic heterocycles. The van der Waals surface area contributed by atoms with Crippen molar-refractivity contribution >= 4 is 11.8 Å².